The van der Waals surface area contributed by atoms with Gasteiger partial charge in [-0.1, -0.05) is 31.4 Å². The molecule has 0 radical (unpaired) electrons. The number of nitrogens with zero attached hydrogens (tertiary/aromatic N) is 1. The highest BCUT2D eigenvalue weighted by Gasteiger charge is 2.36. The second-order valence-electron chi connectivity index (χ2n) is 5.97. The van der Waals surface area contributed by atoms with E-state index in [1.165, 1.54) is 12.8 Å². The molecular weight excluding hydrogens is 286 g/mol. The number of aromatic nitrogens is 2. The van der Waals surface area contributed by atoms with Crippen LogP contribution in [0.3, 0.4) is 0 Å². The normalized spacial score (nSPS) is 17.1. The van der Waals surface area contributed by atoms with E-state index in [0.717, 1.165) is 35.4 Å². The summed E-state index contributed by atoms with van der Waals surface area (Å²) in [6.45, 7) is 2.27. The first-order valence-corrected chi connectivity index (χ1v) is 7.61. The number of halogens is 1. The van der Waals surface area contributed by atoms with Crippen molar-refractivity contribution in [1.29, 1.82) is 0 Å². The van der Waals surface area contributed by atoms with E-state index in [1.54, 1.807) is 7.11 Å². The standard InChI is InChI=1S/C16H20ClN3O/c1-16(7-3-4-8-16)14-13(15(18)20-19-14)11-9-10(17)5-6-12(11)21-2/h5-6,9H,3-4,7-8H2,1-2H3,(H3,18,19,20). The Balaban J connectivity index is 2.19. The van der Waals surface area contributed by atoms with Crippen molar-refractivity contribution in [2.75, 3.05) is 12.8 Å². The van der Waals surface area contributed by atoms with Crippen LogP contribution >= 0.6 is 11.6 Å². The summed E-state index contributed by atoms with van der Waals surface area (Å²) in [5, 5.41) is 8.06. The van der Waals surface area contributed by atoms with E-state index in [-0.39, 0.29) is 5.41 Å². The van der Waals surface area contributed by atoms with Crippen LogP contribution in [-0.2, 0) is 5.41 Å². The molecule has 0 aliphatic heterocycles. The predicted molar refractivity (Wildman–Crippen MR) is 85.8 cm³/mol. The zero-order valence-electron chi connectivity index (χ0n) is 12.4. The van der Waals surface area contributed by atoms with Gasteiger partial charge in [-0.3, -0.25) is 5.10 Å². The Morgan fingerprint density at radius 3 is 2.71 bits per heavy atom. The Labute approximate surface area is 129 Å². The van der Waals surface area contributed by atoms with Crippen LogP contribution in [0.2, 0.25) is 5.02 Å². The van der Waals surface area contributed by atoms with Crippen molar-refractivity contribution < 1.29 is 4.74 Å². The number of H-pyrrole nitrogens is 1. The third-order valence-electron chi connectivity index (χ3n) is 4.54. The minimum atomic E-state index is 0.0906. The summed E-state index contributed by atoms with van der Waals surface area (Å²) in [7, 11) is 1.65. The highest BCUT2D eigenvalue weighted by molar-refractivity contribution is 6.31. The first-order chi connectivity index (χ1) is 10.0. The molecular formula is C16H20ClN3O. The van der Waals surface area contributed by atoms with Gasteiger partial charge in [-0.2, -0.15) is 5.10 Å². The van der Waals surface area contributed by atoms with Gasteiger partial charge < -0.3 is 10.5 Å². The monoisotopic (exact) mass is 305 g/mol. The molecule has 21 heavy (non-hydrogen) atoms. The molecule has 1 aliphatic rings. The SMILES string of the molecule is COc1ccc(Cl)cc1-c1c(N)n[nH]c1C1(C)CCCC1. The maximum atomic E-state index is 6.16. The molecule has 1 heterocycles. The van der Waals surface area contributed by atoms with Crippen LogP contribution in [0.25, 0.3) is 11.1 Å². The summed E-state index contributed by atoms with van der Waals surface area (Å²) in [5.41, 5.74) is 9.15. The molecule has 1 aromatic carbocycles. The molecule has 0 spiro atoms. The van der Waals surface area contributed by atoms with Gasteiger partial charge in [0.2, 0.25) is 0 Å². The average molecular weight is 306 g/mol. The Morgan fingerprint density at radius 2 is 2.05 bits per heavy atom. The van der Waals surface area contributed by atoms with Crippen LogP contribution in [0.5, 0.6) is 5.75 Å². The van der Waals surface area contributed by atoms with Gasteiger partial charge in [0.05, 0.1) is 18.4 Å². The summed E-state index contributed by atoms with van der Waals surface area (Å²) in [6.07, 6.45) is 4.76. The minimum absolute atomic E-state index is 0.0906. The molecule has 3 rings (SSSR count). The fraction of sp³-hybridized carbons (Fsp3) is 0.438. The Hall–Kier alpha value is -1.68. The maximum Gasteiger partial charge on any atom is 0.153 e. The van der Waals surface area contributed by atoms with Crippen LogP contribution in [0.15, 0.2) is 18.2 Å². The Bertz CT molecular complexity index is 660. The van der Waals surface area contributed by atoms with Gasteiger partial charge in [0.25, 0.3) is 0 Å². The number of methoxy groups -OCH3 is 1. The second kappa shape index (κ2) is 5.26. The highest BCUT2D eigenvalue weighted by Crippen LogP contribution is 2.47. The quantitative estimate of drug-likeness (QED) is 0.895. The van der Waals surface area contributed by atoms with Crippen molar-refractivity contribution in [3.05, 3.63) is 28.9 Å². The average Bonchev–Trinajstić information content (AvgIpc) is 3.06. The number of hydrogen-bond donors (Lipinski definition) is 2. The Kier molecular flexibility index (Phi) is 3.57. The maximum absolute atomic E-state index is 6.16. The van der Waals surface area contributed by atoms with E-state index < -0.39 is 0 Å². The number of benzene rings is 1. The molecule has 1 aliphatic carbocycles. The van der Waals surface area contributed by atoms with Gasteiger partial charge in [-0.15, -0.1) is 0 Å². The van der Waals surface area contributed by atoms with Crippen molar-refractivity contribution in [2.24, 2.45) is 0 Å². The highest BCUT2D eigenvalue weighted by atomic mass is 35.5. The van der Waals surface area contributed by atoms with E-state index in [0.29, 0.717) is 10.8 Å². The lowest BCUT2D eigenvalue weighted by atomic mass is 9.81. The van der Waals surface area contributed by atoms with Crippen LogP contribution in [0.1, 0.15) is 38.3 Å². The van der Waals surface area contributed by atoms with Crippen LogP contribution in [0.4, 0.5) is 5.82 Å². The van der Waals surface area contributed by atoms with Crippen LogP contribution in [0, 0.1) is 0 Å². The zero-order chi connectivity index (χ0) is 15.0. The van der Waals surface area contributed by atoms with E-state index in [1.807, 2.05) is 18.2 Å². The number of nitrogens with two attached hydrogens (primary N) is 1. The Morgan fingerprint density at radius 1 is 1.33 bits per heavy atom. The lowest BCUT2D eigenvalue weighted by molar-refractivity contribution is 0.416. The smallest absolute Gasteiger partial charge is 0.153 e. The fourth-order valence-corrected chi connectivity index (χ4v) is 3.52. The molecule has 0 bridgehead atoms. The number of rotatable bonds is 3. The topological polar surface area (TPSA) is 63.9 Å². The van der Waals surface area contributed by atoms with Crippen molar-refractivity contribution in [2.45, 2.75) is 38.0 Å². The van der Waals surface area contributed by atoms with Gasteiger partial charge in [0.15, 0.2) is 5.82 Å². The van der Waals surface area contributed by atoms with Crippen molar-refractivity contribution in [3.63, 3.8) is 0 Å². The third kappa shape index (κ3) is 2.38. The number of nitrogen functional groups attached to an aromatic ring is 1. The molecule has 0 atom stereocenters. The molecule has 3 N–H and O–H groups in total. The number of hydrogen-bond acceptors (Lipinski definition) is 3. The molecule has 0 unspecified atom stereocenters. The molecule has 1 fully saturated rings. The predicted octanol–water partition coefficient (Wildman–Crippen LogP) is 4.15. The molecule has 4 nitrogen and oxygen atoms in total. The lowest BCUT2D eigenvalue weighted by Crippen LogP contribution is -2.18. The first-order valence-electron chi connectivity index (χ1n) is 7.23. The second-order valence-corrected chi connectivity index (χ2v) is 6.41. The summed E-state index contributed by atoms with van der Waals surface area (Å²) < 4.78 is 5.47. The van der Waals surface area contributed by atoms with Crippen molar-refractivity contribution >= 4 is 17.4 Å². The van der Waals surface area contributed by atoms with E-state index in [2.05, 4.69) is 17.1 Å². The van der Waals surface area contributed by atoms with Crippen LogP contribution in [-0.4, -0.2) is 17.3 Å². The summed E-state index contributed by atoms with van der Waals surface area (Å²) in [5.74, 6) is 1.26. The van der Waals surface area contributed by atoms with Crippen LogP contribution < -0.4 is 10.5 Å². The van der Waals surface area contributed by atoms with E-state index in [4.69, 9.17) is 22.1 Å². The van der Waals surface area contributed by atoms with Gasteiger partial charge in [0.1, 0.15) is 5.75 Å². The molecule has 0 saturated heterocycles. The fourth-order valence-electron chi connectivity index (χ4n) is 3.35. The van der Waals surface area contributed by atoms with Gasteiger partial charge in [-0.05, 0) is 31.0 Å². The molecule has 1 aromatic heterocycles. The lowest BCUT2D eigenvalue weighted by Gasteiger charge is -2.24. The van der Waals surface area contributed by atoms with E-state index >= 15 is 0 Å². The summed E-state index contributed by atoms with van der Waals surface area (Å²) in [4.78, 5) is 0. The molecule has 5 heteroatoms. The van der Waals surface area contributed by atoms with Crippen molar-refractivity contribution in [3.8, 4) is 16.9 Å². The number of ether oxygens (including phenoxy) is 1. The van der Waals surface area contributed by atoms with E-state index in [9.17, 15) is 0 Å². The third-order valence-corrected chi connectivity index (χ3v) is 4.77. The van der Waals surface area contributed by atoms with Gasteiger partial charge in [0, 0.05) is 16.0 Å². The summed E-state index contributed by atoms with van der Waals surface area (Å²) in [6, 6.07) is 5.57. The van der Waals surface area contributed by atoms with Gasteiger partial charge >= 0.3 is 0 Å². The summed E-state index contributed by atoms with van der Waals surface area (Å²) >= 11 is 6.16. The minimum Gasteiger partial charge on any atom is -0.496 e. The van der Waals surface area contributed by atoms with Gasteiger partial charge in [-0.25, -0.2) is 0 Å². The molecule has 0 amide bonds. The number of aromatic amines is 1. The molecule has 1 saturated carbocycles. The molecule has 2 aromatic rings. The largest absolute Gasteiger partial charge is 0.496 e. The number of anilines is 1. The van der Waals surface area contributed by atoms with Crippen molar-refractivity contribution in [1.82, 2.24) is 10.2 Å². The zero-order valence-corrected chi connectivity index (χ0v) is 13.1. The first kappa shape index (κ1) is 14.3. The molecule has 112 valence electrons. The number of nitrogens with one attached hydrogen (secondary N) is 1.